The van der Waals surface area contributed by atoms with Crippen LogP contribution in [0.1, 0.15) is 69.8 Å². The lowest BCUT2D eigenvalue weighted by Gasteiger charge is -2.28. The van der Waals surface area contributed by atoms with Crippen LogP contribution in [0.4, 0.5) is 23.5 Å². The zero-order valence-electron chi connectivity index (χ0n) is 23.2. The van der Waals surface area contributed by atoms with Crippen molar-refractivity contribution in [1.82, 2.24) is 15.0 Å². The van der Waals surface area contributed by atoms with Gasteiger partial charge in [0.15, 0.2) is 0 Å². The Morgan fingerprint density at radius 2 is 1.56 bits per heavy atom. The van der Waals surface area contributed by atoms with Crippen LogP contribution in [0.3, 0.4) is 0 Å². The summed E-state index contributed by atoms with van der Waals surface area (Å²) >= 11 is 0. The molecule has 1 aliphatic carbocycles. The average Bonchev–Trinajstić information content (AvgIpc) is 2.96. The van der Waals surface area contributed by atoms with Crippen LogP contribution in [0.2, 0.25) is 0 Å². The fourth-order valence-corrected chi connectivity index (χ4v) is 5.08. The number of carbonyl (C=O) groups is 1. The molecule has 2 aliphatic rings. The molecular weight excluding hydrogens is 494 g/mol. The maximum absolute atomic E-state index is 12.4. The second-order valence-electron chi connectivity index (χ2n) is 10.5. The summed E-state index contributed by atoms with van der Waals surface area (Å²) in [5.74, 6) is 2.14. The van der Waals surface area contributed by atoms with Crippen molar-refractivity contribution < 1.29 is 14.3 Å². The van der Waals surface area contributed by atoms with Gasteiger partial charge in [0.1, 0.15) is 5.78 Å². The molecule has 2 aromatic rings. The Bertz CT molecular complexity index is 993. The topological polar surface area (TPSA) is 128 Å². The number of benzene rings is 1. The van der Waals surface area contributed by atoms with Crippen molar-refractivity contribution >= 4 is 29.3 Å². The van der Waals surface area contributed by atoms with Gasteiger partial charge in [0.25, 0.3) is 0 Å². The summed E-state index contributed by atoms with van der Waals surface area (Å²) in [7, 11) is 0. The molecule has 214 valence electrons. The minimum Gasteiger partial charge on any atom is -0.379 e. The first-order chi connectivity index (χ1) is 19.2. The van der Waals surface area contributed by atoms with E-state index in [-0.39, 0.29) is 5.78 Å². The number of nitrogens with zero attached hydrogens (tertiary/aromatic N) is 4. The Balaban J connectivity index is 1.29. The summed E-state index contributed by atoms with van der Waals surface area (Å²) in [6, 6.07) is 8.35. The zero-order chi connectivity index (χ0) is 27.1. The molecule has 1 saturated carbocycles. The van der Waals surface area contributed by atoms with Gasteiger partial charge >= 0.3 is 0 Å². The third-order valence-corrected chi connectivity index (χ3v) is 7.19. The summed E-state index contributed by atoms with van der Waals surface area (Å²) in [5.41, 5.74) is 7.25. The number of anilines is 4. The Labute approximate surface area is 232 Å². The Kier molecular flexibility index (Phi) is 12.2. The second-order valence-corrected chi connectivity index (χ2v) is 10.5. The lowest BCUT2D eigenvalue weighted by atomic mass is 9.96. The number of Topliss-reactive ketones (excluding diaryl/α,β-unsaturated/α-hetero) is 1. The molecule has 10 heteroatoms. The molecule has 0 unspecified atom stereocenters. The van der Waals surface area contributed by atoms with Gasteiger partial charge in [-0.05, 0) is 56.2 Å². The van der Waals surface area contributed by atoms with Gasteiger partial charge < -0.3 is 30.7 Å². The van der Waals surface area contributed by atoms with Crippen LogP contribution >= 0.6 is 0 Å². The number of nitrogens with one attached hydrogen (secondary N) is 2. The predicted molar refractivity (Wildman–Crippen MR) is 155 cm³/mol. The van der Waals surface area contributed by atoms with E-state index in [1.54, 1.807) is 0 Å². The van der Waals surface area contributed by atoms with E-state index in [4.69, 9.17) is 30.2 Å². The van der Waals surface area contributed by atoms with Crippen LogP contribution in [0.25, 0.3) is 0 Å². The van der Waals surface area contributed by atoms with Gasteiger partial charge in [0, 0.05) is 50.8 Å². The first-order valence-corrected chi connectivity index (χ1v) is 14.7. The van der Waals surface area contributed by atoms with Gasteiger partial charge in [-0.3, -0.25) is 4.79 Å². The second kappa shape index (κ2) is 16.3. The fourth-order valence-electron chi connectivity index (χ4n) is 5.08. The molecule has 10 nitrogen and oxygen atoms in total. The fraction of sp³-hybridized carbons (Fsp3) is 0.655. The molecule has 1 aromatic heterocycles. The highest BCUT2D eigenvalue weighted by atomic mass is 16.5. The van der Waals surface area contributed by atoms with Crippen molar-refractivity contribution in [1.29, 1.82) is 0 Å². The van der Waals surface area contributed by atoms with Crippen molar-refractivity contribution in [3.8, 4) is 0 Å². The zero-order valence-corrected chi connectivity index (χ0v) is 23.2. The van der Waals surface area contributed by atoms with E-state index in [9.17, 15) is 4.79 Å². The minimum absolute atomic E-state index is 0.209. The summed E-state index contributed by atoms with van der Waals surface area (Å²) in [5, 5.41) is 6.93. The third kappa shape index (κ3) is 10.3. The Morgan fingerprint density at radius 3 is 2.31 bits per heavy atom. The summed E-state index contributed by atoms with van der Waals surface area (Å²) in [6.07, 6.45) is 11.3. The van der Waals surface area contributed by atoms with Crippen LogP contribution in [0.15, 0.2) is 24.3 Å². The average molecular weight is 540 g/mol. The molecule has 0 bridgehead atoms. The SMILES string of the molecule is NCCOCCOCCCC(=O)Cc1ccc(Nc2nc(NC3CCCCC3)nc(N3CCCCC3)n2)cc1. The van der Waals surface area contributed by atoms with Crippen LogP contribution < -0.4 is 21.3 Å². The first-order valence-electron chi connectivity index (χ1n) is 14.7. The van der Waals surface area contributed by atoms with E-state index >= 15 is 0 Å². The number of ketones is 1. The summed E-state index contributed by atoms with van der Waals surface area (Å²) in [4.78, 5) is 28.9. The number of hydrogen-bond acceptors (Lipinski definition) is 10. The summed E-state index contributed by atoms with van der Waals surface area (Å²) < 4.78 is 10.8. The minimum atomic E-state index is 0.209. The standard InChI is InChI=1S/C29H45N7O3/c30-15-19-39-21-20-38-18-7-10-26(37)22-23-11-13-25(14-12-23)32-28-33-27(31-24-8-3-1-4-9-24)34-29(35-28)36-16-5-2-6-17-36/h11-14,24H,1-10,15-22,30H2,(H2,31,32,33,34,35). The van der Waals surface area contributed by atoms with Gasteiger partial charge in [-0.1, -0.05) is 31.4 Å². The largest absolute Gasteiger partial charge is 0.379 e. The van der Waals surface area contributed by atoms with Gasteiger partial charge in [0.05, 0.1) is 19.8 Å². The van der Waals surface area contributed by atoms with E-state index in [1.807, 2.05) is 24.3 Å². The number of rotatable bonds is 16. The van der Waals surface area contributed by atoms with Crippen molar-refractivity contribution in [2.45, 2.75) is 76.7 Å². The van der Waals surface area contributed by atoms with E-state index in [0.717, 1.165) is 56.0 Å². The third-order valence-electron chi connectivity index (χ3n) is 7.19. The van der Waals surface area contributed by atoms with Crippen molar-refractivity contribution in [3.63, 3.8) is 0 Å². The molecule has 2 heterocycles. The number of carbonyl (C=O) groups excluding carboxylic acids is 1. The smallest absolute Gasteiger partial charge is 0.233 e. The van der Waals surface area contributed by atoms with Gasteiger partial charge in [0.2, 0.25) is 17.8 Å². The highest BCUT2D eigenvalue weighted by Gasteiger charge is 2.19. The monoisotopic (exact) mass is 539 g/mol. The first kappa shape index (κ1) is 29.2. The number of hydrogen-bond donors (Lipinski definition) is 3. The number of ether oxygens (including phenoxy) is 2. The van der Waals surface area contributed by atoms with E-state index < -0.39 is 0 Å². The van der Waals surface area contributed by atoms with Crippen LogP contribution in [0, 0.1) is 0 Å². The highest BCUT2D eigenvalue weighted by Crippen LogP contribution is 2.24. The summed E-state index contributed by atoms with van der Waals surface area (Å²) in [6.45, 7) is 4.64. The highest BCUT2D eigenvalue weighted by molar-refractivity contribution is 5.81. The Morgan fingerprint density at radius 1 is 0.872 bits per heavy atom. The van der Waals surface area contributed by atoms with E-state index in [2.05, 4.69) is 15.5 Å². The maximum Gasteiger partial charge on any atom is 0.233 e. The molecule has 1 aromatic carbocycles. The lowest BCUT2D eigenvalue weighted by molar-refractivity contribution is -0.118. The quantitative estimate of drug-likeness (QED) is 0.267. The van der Waals surface area contributed by atoms with E-state index in [0.29, 0.717) is 70.2 Å². The van der Waals surface area contributed by atoms with Crippen molar-refractivity contribution in [2.75, 3.05) is 61.6 Å². The lowest BCUT2D eigenvalue weighted by Crippen LogP contribution is -2.32. The van der Waals surface area contributed by atoms with Crippen molar-refractivity contribution in [2.24, 2.45) is 5.73 Å². The molecule has 4 rings (SSSR count). The van der Waals surface area contributed by atoms with Crippen molar-refractivity contribution in [3.05, 3.63) is 29.8 Å². The molecule has 39 heavy (non-hydrogen) atoms. The van der Waals surface area contributed by atoms with Crippen LogP contribution in [-0.2, 0) is 20.7 Å². The molecule has 0 amide bonds. The number of piperidine rings is 1. The van der Waals surface area contributed by atoms with Crippen LogP contribution in [-0.4, -0.2) is 72.8 Å². The Hall–Kier alpha value is -2.82. The molecule has 1 aliphatic heterocycles. The molecule has 2 fully saturated rings. The van der Waals surface area contributed by atoms with Crippen LogP contribution in [0.5, 0.6) is 0 Å². The molecular formula is C29H45N7O3. The normalized spacial score (nSPS) is 16.3. The van der Waals surface area contributed by atoms with Gasteiger partial charge in [-0.15, -0.1) is 0 Å². The molecule has 0 atom stereocenters. The van der Waals surface area contributed by atoms with E-state index in [1.165, 1.54) is 25.7 Å². The maximum atomic E-state index is 12.4. The molecule has 0 radical (unpaired) electrons. The van der Waals surface area contributed by atoms with Gasteiger partial charge in [-0.25, -0.2) is 0 Å². The number of aromatic nitrogens is 3. The van der Waals surface area contributed by atoms with Gasteiger partial charge in [-0.2, -0.15) is 15.0 Å². The number of nitrogens with two attached hydrogens (primary N) is 1. The molecule has 4 N–H and O–H groups in total. The molecule has 1 saturated heterocycles. The predicted octanol–water partition coefficient (Wildman–Crippen LogP) is 4.23. The molecule has 0 spiro atoms.